The average molecular weight is 285 g/mol. The summed E-state index contributed by atoms with van der Waals surface area (Å²) >= 11 is 0. The summed E-state index contributed by atoms with van der Waals surface area (Å²) < 4.78 is 5.43. The van der Waals surface area contributed by atoms with Crippen molar-refractivity contribution in [2.24, 2.45) is 5.92 Å². The van der Waals surface area contributed by atoms with Gasteiger partial charge >= 0.3 is 0 Å². The van der Waals surface area contributed by atoms with E-state index in [0.29, 0.717) is 24.3 Å². The summed E-state index contributed by atoms with van der Waals surface area (Å²) in [5.74, 6) is 1.81. The van der Waals surface area contributed by atoms with Crippen LogP contribution >= 0.6 is 0 Å². The Kier molecular flexibility index (Phi) is 2.90. The van der Waals surface area contributed by atoms with E-state index in [2.05, 4.69) is 24.1 Å². The highest BCUT2D eigenvalue weighted by atomic mass is 16.5. The van der Waals surface area contributed by atoms with E-state index < -0.39 is 0 Å². The Morgan fingerprint density at radius 1 is 1.33 bits per heavy atom. The normalized spacial score (nSPS) is 35.0. The molecule has 2 bridgehead atoms. The molecule has 0 N–H and O–H groups in total. The Morgan fingerprint density at radius 2 is 2.19 bits per heavy atom. The van der Waals surface area contributed by atoms with Crippen LogP contribution in [0, 0.1) is 5.92 Å². The number of likely N-dealkylation sites (tertiary alicyclic amines) is 1. The molecule has 1 heterocycles. The van der Waals surface area contributed by atoms with Gasteiger partial charge in [0.05, 0.1) is 19.1 Å². The van der Waals surface area contributed by atoms with Gasteiger partial charge in [-0.15, -0.1) is 0 Å². The number of Topliss-reactive ketones (excluding diaryl/α,β-unsaturated/α-hetero) is 1. The van der Waals surface area contributed by atoms with Gasteiger partial charge in [0.1, 0.15) is 5.75 Å². The maximum absolute atomic E-state index is 13.1. The molecule has 0 amide bonds. The van der Waals surface area contributed by atoms with E-state index in [9.17, 15) is 4.79 Å². The fourth-order valence-corrected chi connectivity index (χ4v) is 5.14. The molecule has 3 aliphatic rings. The third-order valence-corrected chi connectivity index (χ3v) is 6.12. The van der Waals surface area contributed by atoms with Crippen molar-refractivity contribution in [1.82, 2.24) is 4.90 Å². The Bertz CT molecular complexity index is 597. The number of fused-ring (bicyclic) bond motifs is 1. The lowest BCUT2D eigenvalue weighted by Crippen LogP contribution is -2.64. The van der Waals surface area contributed by atoms with Gasteiger partial charge < -0.3 is 4.74 Å². The van der Waals surface area contributed by atoms with Crippen LogP contribution in [0.2, 0.25) is 0 Å². The van der Waals surface area contributed by atoms with Crippen LogP contribution in [0.3, 0.4) is 0 Å². The second-order valence-electron chi connectivity index (χ2n) is 6.96. The second kappa shape index (κ2) is 4.57. The number of ketones is 1. The first-order chi connectivity index (χ1) is 10.2. The van der Waals surface area contributed by atoms with Gasteiger partial charge in [0, 0.05) is 6.04 Å². The quantitative estimate of drug-likeness (QED) is 0.794. The first-order valence-electron chi connectivity index (χ1n) is 8.08. The lowest BCUT2D eigenvalue weighted by Gasteiger charge is -2.57. The van der Waals surface area contributed by atoms with Gasteiger partial charge in [-0.05, 0) is 55.5 Å². The summed E-state index contributed by atoms with van der Waals surface area (Å²) in [5, 5.41) is 0. The van der Waals surface area contributed by atoms with Gasteiger partial charge in [-0.3, -0.25) is 9.69 Å². The standard InChI is InChI=1S/C18H23NO2/c1-19-11-17(20)18-8-4-3-5-14(18)16(19)9-12-6-7-13(21-2)10-15(12)18/h6-7,10,14,16H,3-5,8-9,11H2,1-2H3/t14-,16+,18+/m0/s1. The summed E-state index contributed by atoms with van der Waals surface area (Å²) in [6.07, 6.45) is 5.74. The highest BCUT2D eigenvalue weighted by molar-refractivity contribution is 5.94. The molecule has 4 rings (SSSR count). The van der Waals surface area contributed by atoms with Crippen molar-refractivity contribution in [3.63, 3.8) is 0 Å². The molecule has 0 spiro atoms. The Hall–Kier alpha value is -1.35. The van der Waals surface area contributed by atoms with Crippen molar-refractivity contribution in [2.75, 3.05) is 20.7 Å². The molecule has 0 radical (unpaired) electrons. The number of carbonyl (C=O) groups excluding carboxylic acids is 1. The maximum Gasteiger partial charge on any atom is 0.157 e. The van der Waals surface area contributed by atoms with E-state index in [1.54, 1.807) is 7.11 Å². The van der Waals surface area contributed by atoms with E-state index in [1.165, 1.54) is 30.4 Å². The fraction of sp³-hybridized carbons (Fsp3) is 0.611. The fourth-order valence-electron chi connectivity index (χ4n) is 5.14. The van der Waals surface area contributed by atoms with E-state index in [0.717, 1.165) is 18.6 Å². The Morgan fingerprint density at radius 3 is 3.00 bits per heavy atom. The largest absolute Gasteiger partial charge is 0.497 e. The van der Waals surface area contributed by atoms with Crippen LogP contribution in [0.25, 0.3) is 0 Å². The molecule has 1 saturated heterocycles. The highest BCUT2D eigenvalue weighted by Gasteiger charge is 2.57. The molecule has 2 fully saturated rings. The van der Waals surface area contributed by atoms with Gasteiger partial charge in [0.25, 0.3) is 0 Å². The van der Waals surface area contributed by atoms with Crippen molar-refractivity contribution < 1.29 is 9.53 Å². The predicted molar refractivity (Wildman–Crippen MR) is 81.8 cm³/mol. The van der Waals surface area contributed by atoms with E-state index in [-0.39, 0.29) is 5.41 Å². The van der Waals surface area contributed by atoms with Crippen molar-refractivity contribution >= 4 is 5.78 Å². The number of nitrogens with zero attached hydrogens (tertiary/aromatic N) is 1. The topological polar surface area (TPSA) is 29.5 Å². The Balaban J connectivity index is 1.94. The first-order valence-corrected chi connectivity index (χ1v) is 8.08. The van der Waals surface area contributed by atoms with Gasteiger partial charge in [0.2, 0.25) is 0 Å². The van der Waals surface area contributed by atoms with Gasteiger partial charge in [-0.25, -0.2) is 0 Å². The molecule has 112 valence electrons. The van der Waals surface area contributed by atoms with Crippen LogP contribution in [-0.2, 0) is 16.6 Å². The summed E-state index contributed by atoms with van der Waals surface area (Å²) in [7, 11) is 3.83. The molecule has 1 aliphatic heterocycles. The summed E-state index contributed by atoms with van der Waals surface area (Å²) in [5.41, 5.74) is 2.41. The first kappa shape index (κ1) is 13.3. The van der Waals surface area contributed by atoms with Gasteiger partial charge in [0.15, 0.2) is 5.78 Å². The molecular weight excluding hydrogens is 262 g/mol. The van der Waals surface area contributed by atoms with Crippen molar-refractivity contribution in [2.45, 2.75) is 43.6 Å². The molecule has 2 aliphatic carbocycles. The van der Waals surface area contributed by atoms with E-state index in [4.69, 9.17) is 4.74 Å². The lowest BCUT2D eigenvalue weighted by atomic mass is 9.52. The molecule has 0 unspecified atom stereocenters. The van der Waals surface area contributed by atoms with Crippen molar-refractivity contribution in [3.8, 4) is 5.75 Å². The van der Waals surface area contributed by atoms with Crippen molar-refractivity contribution in [3.05, 3.63) is 29.3 Å². The monoisotopic (exact) mass is 285 g/mol. The van der Waals surface area contributed by atoms with Crippen LogP contribution in [-0.4, -0.2) is 37.4 Å². The smallest absolute Gasteiger partial charge is 0.157 e. The number of hydrogen-bond donors (Lipinski definition) is 0. The molecule has 3 heteroatoms. The maximum atomic E-state index is 13.1. The predicted octanol–water partition coefficient (Wildman–Crippen LogP) is 2.56. The third-order valence-electron chi connectivity index (χ3n) is 6.12. The van der Waals surface area contributed by atoms with Gasteiger partial charge in [-0.2, -0.15) is 0 Å². The summed E-state index contributed by atoms with van der Waals surface area (Å²) in [4.78, 5) is 15.3. The number of hydrogen-bond acceptors (Lipinski definition) is 3. The van der Waals surface area contributed by atoms with Crippen LogP contribution in [0.4, 0.5) is 0 Å². The van der Waals surface area contributed by atoms with Crippen LogP contribution in [0.15, 0.2) is 18.2 Å². The van der Waals surface area contributed by atoms with E-state index in [1.807, 2.05) is 6.07 Å². The van der Waals surface area contributed by atoms with E-state index >= 15 is 0 Å². The van der Waals surface area contributed by atoms with Crippen LogP contribution < -0.4 is 4.74 Å². The number of piperidine rings is 1. The SMILES string of the molecule is COc1ccc2c(c1)[C@@]13CCCC[C@H]1[C@@H](C2)N(C)CC3=O. The minimum Gasteiger partial charge on any atom is -0.497 e. The van der Waals surface area contributed by atoms with Crippen molar-refractivity contribution in [1.29, 1.82) is 0 Å². The summed E-state index contributed by atoms with van der Waals surface area (Å²) in [6.45, 7) is 0.609. The van der Waals surface area contributed by atoms with Crippen LogP contribution in [0.5, 0.6) is 5.75 Å². The highest BCUT2D eigenvalue weighted by Crippen LogP contribution is 2.54. The minimum absolute atomic E-state index is 0.225. The molecule has 3 atom stereocenters. The molecular formula is C18H23NO2. The molecule has 1 saturated carbocycles. The zero-order valence-corrected chi connectivity index (χ0v) is 12.9. The van der Waals surface area contributed by atoms with Gasteiger partial charge in [-0.1, -0.05) is 18.9 Å². The second-order valence-corrected chi connectivity index (χ2v) is 6.96. The molecule has 0 aromatic heterocycles. The minimum atomic E-state index is -0.225. The Labute approximate surface area is 126 Å². The number of methoxy groups -OCH3 is 1. The lowest BCUT2D eigenvalue weighted by molar-refractivity contribution is -0.138. The number of rotatable bonds is 1. The molecule has 3 nitrogen and oxygen atoms in total. The number of ether oxygens (including phenoxy) is 1. The number of likely N-dealkylation sites (N-methyl/N-ethyl adjacent to an activating group) is 1. The average Bonchev–Trinajstić information content (AvgIpc) is 2.52. The molecule has 1 aromatic rings. The number of benzene rings is 1. The zero-order chi connectivity index (χ0) is 14.6. The molecule has 1 aromatic carbocycles. The third kappa shape index (κ3) is 1.67. The summed E-state index contributed by atoms with van der Waals surface area (Å²) in [6, 6.07) is 6.90. The number of carbonyl (C=O) groups is 1. The molecule has 21 heavy (non-hydrogen) atoms. The van der Waals surface area contributed by atoms with Crippen LogP contribution in [0.1, 0.15) is 36.8 Å². The zero-order valence-electron chi connectivity index (χ0n) is 12.9.